The first-order valence-electron chi connectivity index (χ1n) is 6.89. The molecule has 3 nitrogen and oxygen atoms in total. The molecule has 3 heteroatoms. The standard InChI is InChI=1S/C17H19N3/c1-12-7-6-8-14(13(12)2)17-15-9-4-5-10-20(15)16(19-17)11-18-3/h4-10,18H,11H2,1-3H3. The molecule has 3 rings (SSSR count). The third-order valence-corrected chi connectivity index (χ3v) is 3.82. The first kappa shape index (κ1) is 12.9. The first-order valence-corrected chi connectivity index (χ1v) is 6.89. The second kappa shape index (κ2) is 5.10. The lowest BCUT2D eigenvalue weighted by Crippen LogP contribution is -2.08. The van der Waals surface area contributed by atoms with Crippen molar-refractivity contribution in [3.8, 4) is 11.3 Å². The largest absolute Gasteiger partial charge is 0.313 e. The molecule has 0 fully saturated rings. The van der Waals surface area contributed by atoms with Gasteiger partial charge in [0.2, 0.25) is 0 Å². The van der Waals surface area contributed by atoms with E-state index in [9.17, 15) is 0 Å². The Hall–Kier alpha value is -2.13. The van der Waals surface area contributed by atoms with Gasteiger partial charge < -0.3 is 9.72 Å². The van der Waals surface area contributed by atoms with Crippen LogP contribution in [0.2, 0.25) is 0 Å². The summed E-state index contributed by atoms with van der Waals surface area (Å²) in [5.74, 6) is 1.04. The van der Waals surface area contributed by atoms with Gasteiger partial charge in [0.15, 0.2) is 0 Å². The van der Waals surface area contributed by atoms with Crippen molar-refractivity contribution in [2.75, 3.05) is 7.05 Å². The number of aryl methyl sites for hydroxylation is 1. The monoisotopic (exact) mass is 265 g/mol. The van der Waals surface area contributed by atoms with E-state index in [0.29, 0.717) is 0 Å². The second-order valence-corrected chi connectivity index (χ2v) is 5.11. The van der Waals surface area contributed by atoms with Crippen LogP contribution >= 0.6 is 0 Å². The van der Waals surface area contributed by atoms with Crippen LogP contribution in [0.15, 0.2) is 42.6 Å². The Balaban J connectivity index is 2.28. The Morgan fingerprint density at radius 3 is 2.75 bits per heavy atom. The molecule has 0 radical (unpaired) electrons. The minimum Gasteiger partial charge on any atom is -0.313 e. The Morgan fingerprint density at radius 1 is 1.10 bits per heavy atom. The first-order chi connectivity index (χ1) is 9.72. The van der Waals surface area contributed by atoms with Crippen molar-refractivity contribution in [1.82, 2.24) is 14.7 Å². The number of imidazole rings is 1. The van der Waals surface area contributed by atoms with Crippen molar-refractivity contribution >= 4 is 5.52 Å². The summed E-state index contributed by atoms with van der Waals surface area (Å²) in [6.07, 6.45) is 2.07. The molecule has 1 aromatic carbocycles. The average molecular weight is 265 g/mol. The fourth-order valence-corrected chi connectivity index (χ4v) is 2.59. The van der Waals surface area contributed by atoms with E-state index in [1.165, 1.54) is 16.7 Å². The molecular weight excluding hydrogens is 246 g/mol. The summed E-state index contributed by atoms with van der Waals surface area (Å²) in [5.41, 5.74) is 6.04. The molecule has 0 spiro atoms. The predicted molar refractivity (Wildman–Crippen MR) is 82.9 cm³/mol. The highest BCUT2D eigenvalue weighted by Gasteiger charge is 2.13. The van der Waals surface area contributed by atoms with E-state index in [1.807, 2.05) is 13.1 Å². The Labute approximate surface area is 119 Å². The van der Waals surface area contributed by atoms with Crippen LogP contribution in [-0.4, -0.2) is 16.4 Å². The molecule has 0 bridgehead atoms. The molecule has 20 heavy (non-hydrogen) atoms. The van der Waals surface area contributed by atoms with E-state index in [2.05, 4.69) is 60.1 Å². The Kier molecular flexibility index (Phi) is 3.28. The van der Waals surface area contributed by atoms with Gasteiger partial charge in [-0.25, -0.2) is 4.98 Å². The normalized spacial score (nSPS) is 11.2. The lowest BCUT2D eigenvalue weighted by molar-refractivity contribution is 0.756. The summed E-state index contributed by atoms with van der Waals surface area (Å²) in [5, 5.41) is 3.18. The average Bonchev–Trinajstić information content (AvgIpc) is 2.82. The van der Waals surface area contributed by atoms with E-state index in [-0.39, 0.29) is 0 Å². The van der Waals surface area contributed by atoms with Gasteiger partial charge in [-0.15, -0.1) is 0 Å². The highest BCUT2D eigenvalue weighted by Crippen LogP contribution is 2.29. The van der Waals surface area contributed by atoms with Crippen molar-refractivity contribution in [2.45, 2.75) is 20.4 Å². The molecule has 102 valence electrons. The van der Waals surface area contributed by atoms with E-state index >= 15 is 0 Å². The minimum absolute atomic E-state index is 0.760. The zero-order valence-electron chi connectivity index (χ0n) is 12.1. The number of nitrogens with one attached hydrogen (secondary N) is 1. The molecule has 0 aliphatic carbocycles. The van der Waals surface area contributed by atoms with E-state index in [4.69, 9.17) is 4.98 Å². The summed E-state index contributed by atoms with van der Waals surface area (Å²) in [4.78, 5) is 4.85. The third kappa shape index (κ3) is 2.00. The molecule has 0 atom stereocenters. The minimum atomic E-state index is 0.760. The van der Waals surface area contributed by atoms with Crippen molar-refractivity contribution in [3.63, 3.8) is 0 Å². The van der Waals surface area contributed by atoms with Crippen LogP contribution in [-0.2, 0) is 6.54 Å². The molecule has 2 heterocycles. The van der Waals surface area contributed by atoms with Crippen LogP contribution in [0.5, 0.6) is 0 Å². The summed E-state index contributed by atoms with van der Waals surface area (Å²) in [7, 11) is 1.95. The van der Waals surface area contributed by atoms with E-state index < -0.39 is 0 Å². The maximum Gasteiger partial charge on any atom is 0.128 e. The second-order valence-electron chi connectivity index (χ2n) is 5.11. The molecule has 3 aromatic rings. The highest BCUT2D eigenvalue weighted by molar-refractivity contribution is 5.80. The van der Waals surface area contributed by atoms with Gasteiger partial charge in [-0.05, 0) is 44.2 Å². The predicted octanol–water partition coefficient (Wildman–Crippen LogP) is 3.34. The number of hydrogen-bond donors (Lipinski definition) is 1. The quantitative estimate of drug-likeness (QED) is 0.787. The van der Waals surface area contributed by atoms with Gasteiger partial charge in [-0.3, -0.25) is 0 Å². The molecule has 0 aliphatic heterocycles. The van der Waals surface area contributed by atoms with Gasteiger partial charge in [-0.1, -0.05) is 24.3 Å². The maximum absolute atomic E-state index is 4.85. The lowest BCUT2D eigenvalue weighted by atomic mass is 10.0. The molecule has 1 N–H and O–H groups in total. The number of aromatic nitrogens is 2. The van der Waals surface area contributed by atoms with Crippen LogP contribution in [0.4, 0.5) is 0 Å². The van der Waals surface area contributed by atoms with Gasteiger partial charge in [0, 0.05) is 11.8 Å². The molecular formula is C17H19N3. The SMILES string of the molecule is CNCc1nc(-c2cccc(C)c2C)c2ccccn12. The van der Waals surface area contributed by atoms with Gasteiger partial charge in [-0.2, -0.15) is 0 Å². The molecule has 0 amide bonds. The number of benzene rings is 1. The summed E-state index contributed by atoms with van der Waals surface area (Å²) in [6, 6.07) is 12.6. The zero-order chi connectivity index (χ0) is 14.1. The highest BCUT2D eigenvalue weighted by atomic mass is 15.1. The van der Waals surface area contributed by atoms with Crippen LogP contribution in [0.1, 0.15) is 17.0 Å². The number of fused-ring (bicyclic) bond motifs is 1. The van der Waals surface area contributed by atoms with Crippen LogP contribution in [0.25, 0.3) is 16.8 Å². The number of hydrogen-bond acceptors (Lipinski definition) is 2. The fraction of sp³-hybridized carbons (Fsp3) is 0.235. The number of pyridine rings is 1. The summed E-state index contributed by atoms with van der Waals surface area (Å²) < 4.78 is 2.16. The van der Waals surface area contributed by atoms with Crippen molar-refractivity contribution in [3.05, 3.63) is 59.5 Å². The van der Waals surface area contributed by atoms with Crippen LogP contribution < -0.4 is 5.32 Å². The Morgan fingerprint density at radius 2 is 1.95 bits per heavy atom. The number of rotatable bonds is 3. The molecule has 2 aromatic heterocycles. The summed E-state index contributed by atoms with van der Waals surface area (Å²) >= 11 is 0. The maximum atomic E-state index is 4.85. The molecule has 0 aliphatic rings. The van der Waals surface area contributed by atoms with Crippen molar-refractivity contribution in [1.29, 1.82) is 0 Å². The van der Waals surface area contributed by atoms with Crippen molar-refractivity contribution in [2.24, 2.45) is 0 Å². The van der Waals surface area contributed by atoms with E-state index in [1.54, 1.807) is 0 Å². The van der Waals surface area contributed by atoms with Crippen LogP contribution in [0, 0.1) is 13.8 Å². The van der Waals surface area contributed by atoms with Gasteiger partial charge in [0.1, 0.15) is 5.82 Å². The van der Waals surface area contributed by atoms with Gasteiger partial charge >= 0.3 is 0 Å². The van der Waals surface area contributed by atoms with Gasteiger partial charge in [0.25, 0.3) is 0 Å². The smallest absolute Gasteiger partial charge is 0.128 e. The lowest BCUT2D eigenvalue weighted by Gasteiger charge is -2.06. The van der Waals surface area contributed by atoms with Crippen molar-refractivity contribution < 1.29 is 0 Å². The summed E-state index contributed by atoms with van der Waals surface area (Å²) in [6.45, 7) is 5.07. The Bertz CT molecular complexity index is 756. The third-order valence-electron chi connectivity index (χ3n) is 3.82. The molecule has 0 saturated carbocycles. The fourth-order valence-electron chi connectivity index (χ4n) is 2.59. The molecule has 0 saturated heterocycles. The number of nitrogens with zero attached hydrogens (tertiary/aromatic N) is 2. The van der Waals surface area contributed by atoms with Gasteiger partial charge in [0.05, 0.1) is 17.8 Å². The van der Waals surface area contributed by atoms with E-state index in [0.717, 1.165) is 23.6 Å². The zero-order valence-corrected chi connectivity index (χ0v) is 12.1. The topological polar surface area (TPSA) is 29.3 Å². The van der Waals surface area contributed by atoms with Crippen LogP contribution in [0.3, 0.4) is 0 Å². The molecule has 0 unspecified atom stereocenters.